The summed E-state index contributed by atoms with van der Waals surface area (Å²) in [6.45, 7) is 2.74. The van der Waals surface area contributed by atoms with Gasteiger partial charge in [0.2, 0.25) is 0 Å². The third kappa shape index (κ3) is 3.09. The SMILES string of the molecule is CCc1ccc(CON=CC2CCC2)cc1. The molecule has 1 aliphatic carbocycles. The third-order valence-corrected chi connectivity index (χ3v) is 3.16. The van der Waals surface area contributed by atoms with E-state index in [1.165, 1.54) is 30.4 Å². The molecule has 0 unspecified atom stereocenters. The van der Waals surface area contributed by atoms with E-state index in [0.717, 1.165) is 6.42 Å². The molecule has 1 aliphatic rings. The van der Waals surface area contributed by atoms with Crippen LogP contribution in [0.3, 0.4) is 0 Å². The second-order valence-corrected chi connectivity index (χ2v) is 4.39. The van der Waals surface area contributed by atoms with E-state index < -0.39 is 0 Å². The van der Waals surface area contributed by atoms with Gasteiger partial charge < -0.3 is 4.84 Å². The molecule has 16 heavy (non-hydrogen) atoms. The van der Waals surface area contributed by atoms with Gasteiger partial charge in [-0.3, -0.25) is 0 Å². The molecular formula is C14H19NO. The predicted molar refractivity (Wildman–Crippen MR) is 66.4 cm³/mol. The number of benzene rings is 1. The van der Waals surface area contributed by atoms with Gasteiger partial charge in [0, 0.05) is 6.21 Å². The van der Waals surface area contributed by atoms with Gasteiger partial charge in [-0.25, -0.2) is 0 Å². The summed E-state index contributed by atoms with van der Waals surface area (Å²) >= 11 is 0. The molecule has 0 spiro atoms. The van der Waals surface area contributed by atoms with Crippen LogP contribution in [0.25, 0.3) is 0 Å². The Bertz CT molecular complexity index is 338. The maximum absolute atomic E-state index is 5.27. The van der Waals surface area contributed by atoms with Crippen LogP contribution in [0.15, 0.2) is 29.4 Å². The average molecular weight is 217 g/mol. The average Bonchev–Trinajstić information content (AvgIpc) is 2.27. The Kier molecular flexibility index (Phi) is 3.97. The van der Waals surface area contributed by atoms with Crippen molar-refractivity contribution in [1.29, 1.82) is 0 Å². The fourth-order valence-corrected chi connectivity index (χ4v) is 1.70. The zero-order chi connectivity index (χ0) is 11.2. The molecule has 2 rings (SSSR count). The number of nitrogens with zero attached hydrogens (tertiary/aromatic N) is 1. The molecule has 0 atom stereocenters. The number of oxime groups is 1. The van der Waals surface area contributed by atoms with Crippen molar-refractivity contribution < 1.29 is 4.84 Å². The molecule has 0 heterocycles. The molecule has 1 aromatic carbocycles. The normalized spacial score (nSPS) is 16.3. The summed E-state index contributed by atoms with van der Waals surface area (Å²) in [6.07, 6.45) is 6.93. The second-order valence-electron chi connectivity index (χ2n) is 4.39. The summed E-state index contributed by atoms with van der Waals surface area (Å²) in [5, 5.41) is 4.01. The lowest BCUT2D eigenvalue weighted by Gasteiger charge is -2.19. The number of hydrogen-bond acceptors (Lipinski definition) is 2. The van der Waals surface area contributed by atoms with Crippen LogP contribution in [-0.4, -0.2) is 6.21 Å². The standard InChI is InChI=1S/C14H19NO/c1-2-12-6-8-14(9-7-12)11-16-15-10-13-4-3-5-13/h6-10,13H,2-5,11H2,1H3. The van der Waals surface area contributed by atoms with Crippen molar-refractivity contribution in [3.8, 4) is 0 Å². The Balaban J connectivity index is 1.73. The van der Waals surface area contributed by atoms with E-state index in [1.807, 2.05) is 6.21 Å². The third-order valence-electron chi connectivity index (χ3n) is 3.16. The highest BCUT2D eigenvalue weighted by Crippen LogP contribution is 2.24. The van der Waals surface area contributed by atoms with Crippen molar-refractivity contribution in [1.82, 2.24) is 0 Å². The van der Waals surface area contributed by atoms with Crippen LogP contribution in [0.4, 0.5) is 0 Å². The first-order valence-corrected chi connectivity index (χ1v) is 6.11. The van der Waals surface area contributed by atoms with Gasteiger partial charge in [-0.1, -0.05) is 42.8 Å². The first-order valence-electron chi connectivity index (χ1n) is 6.11. The minimum Gasteiger partial charge on any atom is -0.391 e. The molecule has 0 saturated heterocycles. The molecule has 0 aromatic heterocycles. The number of aryl methyl sites for hydroxylation is 1. The van der Waals surface area contributed by atoms with Crippen LogP contribution in [0, 0.1) is 5.92 Å². The van der Waals surface area contributed by atoms with Gasteiger partial charge in [0.15, 0.2) is 0 Å². The van der Waals surface area contributed by atoms with Crippen molar-refractivity contribution in [2.24, 2.45) is 11.1 Å². The van der Waals surface area contributed by atoms with E-state index in [-0.39, 0.29) is 0 Å². The van der Waals surface area contributed by atoms with Crippen LogP contribution < -0.4 is 0 Å². The van der Waals surface area contributed by atoms with Crippen molar-refractivity contribution in [2.75, 3.05) is 0 Å². The lowest BCUT2D eigenvalue weighted by molar-refractivity contribution is 0.129. The van der Waals surface area contributed by atoms with E-state index >= 15 is 0 Å². The molecule has 0 amide bonds. The van der Waals surface area contributed by atoms with Crippen molar-refractivity contribution in [3.05, 3.63) is 35.4 Å². The van der Waals surface area contributed by atoms with Crippen LogP contribution in [0.5, 0.6) is 0 Å². The largest absolute Gasteiger partial charge is 0.391 e. The van der Waals surface area contributed by atoms with Crippen LogP contribution in [0.1, 0.15) is 37.3 Å². The van der Waals surface area contributed by atoms with E-state index in [2.05, 4.69) is 36.3 Å². The number of rotatable bonds is 5. The Hall–Kier alpha value is -1.31. The highest BCUT2D eigenvalue weighted by molar-refractivity contribution is 5.60. The van der Waals surface area contributed by atoms with E-state index in [0.29, 0.717) is 12.5 Å². The molecule has 0 N–H and O–H groups in total. The van der Waals surface area contributed by atoms with E-state index in [1.54, 1.807) is 0 Å². The van der Waals surface area contributed by atoms with Crippen LogP contribution in [-0.2, 0) is 17.9 Å². The molecule has 0 aliphatic heterocycles. The fraction of sp³-hybridized carbons (Fsp3) is 0.500. The molecule has 0 bridgehead atoms. The van der Waals surface area contributed by atoms with Crippen LogP contribution >= 0.6 is 0 Å². The molecular weight excluding hydrogens is 198 g/mol. The maximum Gasteiger partial charge on any atom is 0.142 e. The Labute approximate surface area is 97.3 Å². The molecule has 1 aromatic rings. The fourth-order valence-electron chi connectivity index (χ4n) is 1.70. The Morgan fingerprint density at radius 2 is 1.94 bits per heavy atom. The highest BCUT2D eigenvalue weighted by Gasteiger charge is 2.14. The molecule has 1 fully saturated rings. The Morgan fingerprint density at radius 3 is 2.50 bits per heavy atom. The van der Waals surface area contributed by atoms with Gasteiger partial charge in [-0.15, -0.1) is 0 Å². The lowest BCUT2D eigenvalue weighted by Crippen LogP contribution is -2.11. The smallest absolute Gasteiger partial charge is 0.142 e. The summed E-state index contributed by atoms with van der Waals surface area (Å²) in [7, 11) is 0. The van der Waals surface area contributed by atoms with Gasteiger partial charge in [0.05, 0.1) is 0 Å². The van der Waals surface area contributed by atoms with Gasteiger partial charge in [0.25, 0.3) is 0 Å². The molecule has 0 radical (unpaired) electrons. The topological polar surface area (TPSA) is 21.6 Å². The first-order chi connectivity index (χ1) is 7.88. The summed E-state index contributed by atoms with van der Waals surface area (Å²) in [4.78, 5) is 5.27. The highest BCUT2D eigenvalue weighted by atomic mass is 16.6. The van der Waals surface area contributed by atoms with Gasteiger partial charge >= 0.3 is 0 Å². The molecule has 1 saturated carbocycles. The number of hydrogen-bond donors (Lipinski definition) is 0. The monoisotopic (exact) mass is 217 g/mol. The second kappa shape index (κ2) is 5.69. The minimum atomic E-state index is 0.577. The lowest BCUT2D eigenvalue weighted by atomic mass is 9.87. The van der Waals surface area contributed by atoms with Gasteiger partial charge in [-0.05, 0) is 36.3 Å². The van der Waals surface area contributed by atoms with Crippen molar-refractivity contribution in [2.45, 2.75) is 39.2 Å². The summed E-state index contributed by atoms with van der Waals surface area (Å²) in [5.41, 5.74) is 2.55. The minimum absolute atomic E-state index is 0.577. The van der Waals surface area contributed by atoms with E-state index in [9.17, 15) is 0 Å². The zero-order valence-electron chi connectivity index (χ0n) is 9.86. The van der Waals surface area contributed by atoms with Gasteiger partial charge in [-0.2, -0.15) is 0 Å². The quantitative estimate of drug-likeness (QED) is 0.546. The molecule has 86 valence electrons. The summed E-state index contributed by atoms with van der Waals surface area (Å²) in [5.74, 6) is 0.669. The summed E-state index contributed by atoms with van der Waals surface area (Å²) < 4.78 is 0. The van der Waals surface area contributed by atoms with E-state index in [4.69, 9.17) is 4.84 Å². The molecule has 2 heteroatoms. The molecule has 2 nitrogen and oxygen atoms in total. The predicted octanol–water partition coefficient (Wildman–Crippen LogP) is 3.55. The van der Waals surface area contributed by atoms with Gasteiger partial charge in [0.1, 0.15) is 6.61 Å². The van der Waals surface area contributed by atoms with Crippen molar-refractivity contribution >= 4 is 6.21 Å². The first kappa shape index (κ1) is 11.2. The zero-order valence-corrected chi connectivity index (χ0v) is 9.86. The van der Waals surface area contributed by atoms with Crippen LogP contribution in [0.2, 0.25) is 0 Å². The summed E-state index contributed by atoms with van der Waals surface area (Å²) in [6, 6.07) is 8.51. The Morgan fingerprint density at radius 1 is 1.25 bits per heavy atom. The maximum atomic E-state index is 5.27. The van der Waals surface area contributed by atoms with Crippen molar-refractivity contribution in [3.63, 3.8) is 0 Å².